The first-order valence-corrected chi connectivity index (χ1v) is 11.7. The normalized spacial score (nSPS) is 19.1. The largest absolute Gasteiger partial charge is 0.476 e. The second-order valence-corrected chi connectivity index (χ2v) is 9.45. The summed E-state index contributed by atoms with van der Waals surface area (Å²) < 4.78 is 16.3. The minimum Gasteiger partial charge on any atom is -0.476 e. The summed E-state index contributed by atoms with van der Waals surface area (Å²) in [7, 11) is 0. The van der Waals surface area contributed by atoms with Gasteiger partial charge in [0.1, 0.15) is 16.8 Å². The summed E-state index contributed by atoms with van der Waals surface area (Å²) in [6, 6.07) is 4.97. The van der Waals surface area contributed by atoms with Gasteiger partial charge >= 0.3 is 5.97 Å². The molecule has 0 amide bonds. The number of nitrogens with one attached hydrogen (secondary N) is 1. The van der Waals surface area contributed by atoms with E-state index < -0.39 is 17.8 Å². The van der Waals surface area contributed by atoms with Gasteiger partial charge in [0.25, 0.3) is 5.56 Å². The average molecular weight is 491 g/mol. The molecule has 9 heteroatoms. The lowest BCUT2D eigenvalue weighted by Crippen LogP contribution is -2.24. The third-order valence-electron chi connectivity index (χ3n) is 7.04. The lowest BCUT2D eigenvalue weighted by atomic mass is 9.85. The van der Waals surface area contributed by atoms with Gasteiger partial charge in [-0.3, -0.25) is 9.36 Å². The van der Waals surface area contributed by atoms with E-state index in [1.165, 1.54) is 35.4 Å². The lowest BCUT2D eigenvalue weighted by molar-refractivity contribution is 0.0691. The molecule has 0 saturated heterocycles. The molecule has 2 bridgehead atoms. The Hall–Kier alpha value is -3.78. The van der Waals surface area contributed by atoms with Crippen LogP contribution in [0.5, 0.6) is 0 Å². The number of benzene rings is 1. The van der Waals surface area contributed by atoms with Crippen LogP contribution in [0.4, 0.5) is 10.1 Å². The molecule has 3 aromatic rings. The molecule has 2 aromatic heterocycles. The highest BCUT2D eigenvalue weighted by atomic mass is 35.5. The summed E-state index contributed by atoms with van der Waals surface area (Å²) in [5.41, 5.74) is 3.04. The molecule has 176 valence electrons. The van der Waals surface area contributed by atoms with E-state index >= 15 is 0 Å². The van der Waals surface area contributed by atoms with Crippen molar-refractivity contribution in [1.29, 1.82) is 0 Å². The second-order valence-electron chi connectivity index (χ2n) is 9.06. The summed E-state index contributed by atoms with van der Waals surface area (Å²) in [4.78, 5) is 33.9. The number of rotatable bonds is 5. The summed E-state index contributed by atoms with van der Waals surface area (Å²) in [6.45, 7) is 2.30. The Kier molecular flexibility index (Phi) is 4.89. The monoisotopic (exact) mass is 490 g/mol. The molecule has 1 aromatic carbocycles. The molecule has 7 nitrogen and oxygen atoms in total. The molecule has 2 atom stereocenters. The number of carboxylic acids is 1. The molecule has 1 aliphatic heterocycles. The summed E-state index contributed by atoms with van der Waals surface area (Å²) >= 11 is 5.87. The Morgan fingerprint density at radius 3 is 2.66 bits per heavy atom. The Balaban J connectivity index is 1.46. The SMILES string of the molecule is CC(Nc1ccc(Cl)nc1C(=O)O)c1cc(F)cc2c(=O)n3c(nc12)C(C1C2=CC=C1C=C2)CC3. The van der Waals surface area contributed by atoms with Gasteiger partial charge in [-0.2, -0.15) is 0 Å². The Bertz CT molecular complexity index is 1570. The zero-order valence-corrected chi connectivity index (χ0v) is 19.4. The number of anilines is 1. The van der Waals surface area contributed by atoms with Crippen molar-refractivity contribution in [3.63, 3.8) is 0 Å². The molecule has 6 rings (SSSR count). The van der Waals surface area contributed by atoms with Crippen LogP contribution in [0.15, 0.2) is 64.5 Å². The standard InChI is InChI=1S/C26H20ClFN4O3/c1-12(29-19-6-7-20(27)30-23(19)26(34)35)17-10-15(28)11-18-22(17)31-24-16(8-9-32(24)25(18)33)21-13-2-3-14(21)5-4-13/h2-7,10-12,16,21,29H,8-9H2,1H3,(H,34,35). The van der Waals surface area contributed by atoms with Crippen LogP contribution in [0, 0.1) is 11.7 Å². The fourth-order valence-electron chi connectivity index (χ4n) is 5.47. The Labute approximate surface area is 204 Å². The number of halogens is 2. The smallest absolute Gasteiger partial charge is 0.356 e. The molecule has 0 spiro atoms. The number of hydrogen-bond donors (Lipinski definition) is 2. The first kappa shape index (κ1) is 21.7. The van der Waals surface area contributed by atoms with Crippen LogP contribution in [0.3, 0.4) is 0 Å². The van der Waals surface area contributed by atoms with E-state index in [1.807, 2.05) is 0 Å². The number of pyridine rings is 1. The number of nitrogens with zero attached hydrogens (tertiary/aromatic N) is 3. The summed E-state index contributed by atoms with van der Waals surface area (Å²) in [5.74, 6) is -0.856. The highest BCUT2D eigenvalue weighted by Gasteiger charge is 2.39. The van der Waals surface area contributed by atoms with Gasteiger partial charge in [0.05, 0.1) is 22.6 Å². The molecule has 2 unspecified atom stereocenters. The second kappa shape index (κ2) is 7.88. The number of carboxylic acid groups (broad SMARTS) is 1. The maximum atomic E-state index is 14.7. The first-order chi connectivity index (χ1) is 16.8. The van der Waals surface area contributed by atoms with Gasteiger partial charge in [-0.15, -0.1) is 0 Å². The van der Waals surface area contributed by atoms with Gasteiger partial charge in [0.2, 0.25) is 0 Å². The van der Waals surface area contributed by atoms with Crippen molar-refractivity contribution in [1.82, 2.24) is 14.5 Å². The molecule has 0 fully saturated rings. The average Bonchev–Trinajstić information content (AvgIpc) is 3.54. The van der Waals surface area contributed by atoms with Gasteiger partial charge < -0.3 is 10.4 Å². The number of hydrogen-bond acceptors (Lipinski definition) is 5. The number of allylic oxidation sites excluding steroid dienone is 6. The van der Waals surface area contributed by atoms with Crippen molar-refractivity contribution in [2.75, 3.05) is 5.32 Å². The predicted octanol–water partition coefficient (Wildman–Crippen LogP) is 5.00. The summed E-state index contributed by atoms with van der Waals surface area (Å²) in [5, 5.41) is 12.9. The highest BCUT2D eigenvalue weighted by molar-refractivity contribution is 6.29. The minimum absolute atomic E-state index is 0.0497. The van der Waals surface area contributed by atoms with Crippen LogP contribution in [0.2, 0.25) is 5.15 Å². The van der Waals surface area contributed by atoms with Gasteiger partial charge in [-0.25, -0.2) is 19.2 Å². The van der Waals surface area contributed by atoms with Crippen molar-refractivity contribution >= 4 is 34.2 Å². The highest BCUT2D eigenvalue weighted by Crippen LogP contribution is 2.47. The van der Waals surface area contributed by atoms with Crippen LogP contribution < -0.4 is 10.9 Å². The van der Waals surface area contributed by atoms with E-state index in [4.69, 9.17) is 16.6 Å². The number of aromatic carboxylic acids is 1. The fourth-order valence-corrected chi connectivity index (χ4v) is 5.62. The van der Waals surface area contributed by atoms with Crippen LogP contribution in [0.25, 0.3) is 10.9 Å². The lowest BCUT2D eigenvalue weighted by Gasteiger charge is -2.21. The number of aromatic nitrogens is 3. The van der Waals surface area contributed by atoms with E-state index in [0.717, 1.165) is 6.42 Å². The molecule has 3 heterocycles. The third kappa shape index (κ3) is 3.39. The molecule has 0 saturated carbocycles. The van der Waals surface area contributed by atoms with Crippen molar-refractivity contribution in [3.05, 3.63) is 98.1 Å². The molecule has 3 aliphatic rings. The van der Waals surface area contributed by atoms with Gasteiger partial charge in [0, 0.05) is 23.9 Å². The van der Waals surface area contributed by atoms with Gasteiger partial charge in [-0.05, 0) is 48.8 Å². The number of fused-ring (bicyclic) bond motifs is 4. The van der Waals surface area contributed by atoms with Crippen molar-refractivity contribution in [2.45, 2.75) is 31.8 Å². The van der Waals surface area contributed by atoms with E-state index in [9.17, 15) is 19.1 Å². The summed E-state index contributed by atoms with van der Waals surface area (Å²) in [6.07, 6.45) is 9.21. The molecule has 0 radical (unpaired) electrons. The fraction of sp³-hybridized carbons (Fsp3) is 0.231. The van der Waals surface area contributed by atoms with Gasteiger partial charge in [-0.1, -0.05) is 35.9 Å². The van der Waals surface area contributed by atoms with E-state index in [2.05, 4.69) is 34.6 Å². The first-order valence-electron chi connectivity index (χ1n) is 11.3. The Morgan fingerprint density at radius 2 is 1.97 bits per heavy atom. The third-order valence-corrected chi connectivity index (χ3v) is 7.25. The zero-order valence-electron chi connectivity index (χ0n) is 18.6. The van der Waals surface area contributed by atoms with Gasteiger partial charge in [0.15, 0.2) is 5.69 Å². The molecule has 2 N–H and O–H groups in total. The van der Waals surface area contributed by atoms with Crippen LogP contribution >= 0.6 is 11.6 Å². The predicted molar refractivity (Wildman–Crippen MR) is 130 cm³/mol. The number of carbonyl (C=O) groups is 1. The van der Waals surface area contributed by atoms with Crippen molar-refractivity contribution < 1.29 is 14.3 Å². The molecule has 35 heavy (non-hydrogen) atoms. The van der Waals surface area contributed by atoms with Crippen molar-refractivity contribution in [3.8, 4) is 0 Å². The molecular formula is C26H20ClFN4O3. The topological polar surface area (TPSA) is 97.1 Å². The van der Waals surface area contributed by atoms with Crippen molar-refractivity contribution in [2.24, 2.45) is 5.92 Å². The van der Waals surface area contributed by atoms with E-state index in [0.29, 0.717) is 23.4 Å². The quantitative estimate of drug-likeness (QED) is 0.489. The Morgan fingerprint density at radius 1 is 1.23 bits per heavy atom. The maximum absolute atomic E-state index is 14.7. The zero-order chi connectivity index (χ0) is 24.4. The van der Waals surface area contributed by atoms with Crippen LogP contribution in [-0.4, -0.2) is 25.6 Å². The van der Waals surface area contributed by atoms with E-state index in [-0.39, 0.29) is 39.3 Å². The van der Waals surface area contributed by atoms with Crippen LogP contribution in [0.1, 0.15) is 47.2 Å². The van der Waals surface area contributed by atoms with Crippen LogP contribution in [-0.2, 0) is 6.54 Å². The molecule has 2 aliphatic carbocycles. The minimum atomic E-state index is -1.24. The maximum Gasteiger partial charge on any atom is 0.356 e. The molecular weight excluding hydrogens is 471 g/mol. The van der Waals surface area contributed by atoms with E-state index in [1.54, 1.807) is 11.5 Å².